The van der Waals surface area contributed by atoms with E-state index >= 15 is 0 Å². The van der Waals surface area contributed by atoms with Gasteiger partial charge >= 0.3 is 12.6 Å². The van der Waals surface area contributed by atoms with Crippen LogP contribution in [0.3, 0.4) is 0 Å². The third-order valence-corrected chi connectivity index (χ3v) is 21.8. The lowest BCUT2D eigenvalue weighted by Crippen LogP contribution is -2.31. The fourth-order valence-corrected chi connectivity index (χ4v) is 15.2. The second-order valence-corrected chi connectivity index (χ2v) is 32.3. The van der Waals surface area contributed by atoms with Gasteiger partial charge in [-0.1, -0.05) is 217 Å². The third kappa shape index (κ3) is 19.1. The molecule has 4 aromatic heterocycles. The molecule has 4 heterocycles. The highest BCUT2D eigenvalue weighted by atomic mass is 35.5. The molecule has 10 nitrogen and oxygen atoms in total. The number of rotatable bonds is 36. The van der Waals surface area contributed by atoms with Crippen LogP contribution in [0.5, 0.6) is 11.5 Å². The Hall–Kier alpha value is -4.29. The Balaban J connectivity index is 1.38. The van der Waals surface area contributed by atoms with Crippen molar-refractivity contribution in [2.75, 3.05) is 13.2 Å². The van der Waals surface area contributed by atoms with Crippen molar-refractivity contribution in [3.8, 4) is 46.2 Å². The Morgan fingerprint density at radius 3 is 1.12 bits per heavy atom. The second kappa shape index (κ2) is 37.1. The van der Waals surface area contributed by atoms with Crippen LogP contribution in [0.4, 0.5) is 0 Å². The molecular weight excluding hydrogens is 1320 g/mol. The maximum atomic E-state index is 11.9. The molecule has 0 saturated carbocycles. The number of fused-ring (bicyclic) bond motifs is 3. The van der Waals surface area contributed by atoms with Crippen LogP contribution >= 0.6 is 82.9 Å². The highest BCUT2D eigenvalue weighted by Crippen LogP contribution is 2.40. The molecule has 0 saturated heterocycles. The van der Waals surface area contributed by atoms with Gasteiger partial charge in [0.2, 0.25) is 0 Å². The number of ether oxygens (including phenoxy) is 2. The van der Waals surface area contributed by atoms with Crippen LogP contribution in [0.25, 0.3) is 66.5 Å². The molecular formula is C74H96B2Cl4N8O2P4. The van der Waals surface area contributed by atoms with E-state index in [1.807, 2.05) is 0 Å². The van der Waals surface area contributed by atoms with Crippen LogP contribution in [0.15, 0.2) is 85.2 Å². The maximum Gasteiger partial charge on any atom is 0.304 e. The number of hydrogen-bond donors (Lipinski definition) is 0. The summed E-state index contributed by atoms with van der Waals surface area (Å²) in [6.45, 7) is 20.0. The first-order valence-corrected chi connectivity index (χ1v) is 38.6. The largest absolute Gasteiger partial charge is 0.493 e. The smallest absolute Gasteiger partial charge is 0.304 e. The first kappa shape index (κ1) is 75.5. The van der Waals surface area contributed by atoms with E-state index in [0.29, 0.717) is 124 Å². The van der Waals surface area contributed by atoms with Gasteiger partial charge in [0.25, 0.3) is 0 Å². The van der Waals surface area contributed by atoms with E-state index in [4.69, 9.17) is 75.8 Å². The number of hydrogen-bond acceptors (Lipinski definition) is 8. The summed E-state index contributed by atoms with van der Waals surface area (Å²) in [5, 5.41) is 27.6. The molecule has 10 atom stereocenters. The minimum atomic E-state index is -0.431. The van der Waals surface area contributed by atoms with Crippen molar-refractivity contribution in [2.24, 2.45) is 35.5 Å². The maximum absolute atomic E-state index is 11.9. The van der Waals surface area contributed by atoms with Crippen molar-refractivity contribution in [2.45, 2.75) is 184 Å². The molecule has 8 aromatic rings. The Bertz CT molecular complexity index is 3790. The van der Waals surface area contributed by atoms with Crippen LogP contribution < -0.4 is 20.2 Å². The first-order valence-electron chi connectivity index (χ1n) is 34.5. The van der Waals surface area contributed by atoms with E-state index < -0.39 is 12.6 Å². The summed E-state index contributed by atoms with van der Waals surface area (Å²) in [6.07, 6.45) is 26.8. The van der Waals surface area contributed by atoms with Gasteiger partial charge in [-0.05, 0) is 132 Å². The van der Waals surface area contributed by atoms with Crippen molar-refractivity contribution >= 4 is 139 Å². The first-order chi connectivity index (χ1) is 45.4. The van der Waals surface area contributed by atoms with Gasteiger partial charge in [-0.25, -0.2) is 9.97 Å². The lowest BCUT2D eigenvalue weighted by atomic mass is 9.84. The van der Waals surface area contributed by atoms with Crippen molar-refractivity contribution < 1.29 is 9.47 Å². The predicted octanol–water partition coefficient (Wildman–Crippen LogP) is 21.3. The van der Waals surface area contributed by atoms with Crippen molar-refractivity contribution in [1.29, 1.82) is 10.5 Å². The average Bonchev–Trinajstić information content (AvgIpc) is 1.53. The lowest BCUT2D eigenvalue weighted by molar-refractivity contribution is 0.175. The quantitative estimate of drug-likeness (QED) is 0.0216. The Kier molecular flexibility index (Phi) is 29.8. The predicted molar refractivity (Wildman–Crippen MR) is 416 cm³/mol. The Labute approximate surface area is 590 Å². The summed E-state index contributed by atoms with van der Waals surface area (Å²) < 4.78 is 18.0. The molecule has 0 fully saturated rings. The molecule has 0 spiro atoms. The summed E-state index contributed by atoms with van der Waals surface area (Å²) in [7, 11) is 11.8. The topological polar surface area (TPSA) is 127 Å². The average molecular weight is 1420 g/mol. The fraction of sp³-hybridized carbons (Fsp3) is 0.486. The SMILES string of the molecule is CCCCCC(C)CCC(COc1ccc(-c2c3/c(=C(\C#N)c4cnc5cc(Cl)c(Cl)cc5n4)n(B(P)P)c(-c4ccc(OCC(CCC(C)CCCCC)C(C)CCCCC)cc4)c3/c(=C(\C#N)c3cnc4cc(Cl)c(Cl)cc4n3)n2B(P)P)cc1)C(C)CCCCC. The number of halogens is 4. The Morgan fingerprint density at radius 2 is 0.798 bits per heavy atom. The van der Waals surface area contributed by atoms with Gasteiger partial charge in [-0.2, -0.15) is 10.5 Å². The molecule has 0 aliphatic heterocycles. The minimum Gasteiger partial charge on any atom is -0.493 e. The second-order valence-electron chi connectivity index (χ2n) is 26.4. The zero-order valence-corrected chi connectivity index (χ0v) is 64.1. The van der Waals surface area contributed by atoms with Crippen LogP contribution in [0, 0.1) is 58.2 Å². The molecule has 0 amide bonds. The van der Waals surface area contributed by atoms with Gasteiger partial charge in [0.1, 0.15) is 46.2 Å². The Morgan fingerprint density at radius 1 is 0.468 bits per heavy atom. The van der Waals surface area contributed by atoms with Crippen LogP contribution in [-0.4, -0.2) is 54.7 Å². The molecule has 0 aliphatic carbocycles. The van der Waals surface area contributed by atoms with Crippen LogP contribution in [0.1, 0.15) is 195 Å². The molecule has 4 aromatic carbocycles. The highest BCUT2D eigenvalue weighted by molar-refractivity contribution is 7.93. The monoisotopic (exact) mass is 1410 g/mol. The number of unbranched alkanes of at least 4 members (excludes halogenated alkanes) is 8. The molecule has 8 rings (SSSR count). The zero-order chi connectivity index (χ0) is 67.6. The van der Waals surface area contributed by atoms with Crippen LogP contribution in [0.2, 0.25) is 20.1 Å². The minimum absolute atomic E-state index is 0.244. The van der Waals surface area contributed by atoms with Gasteiger partial charge < -0.3 is 18.4 Å². The number of nitriles is 2. The van der Waals surface area contributed by atoms with Gasteiger partial charge in [0.15, 0.2) is 0 Å². The summed E-state index contributed by atoms with van der Waals surface area (Å²) >= 11 is 26.4. The van der Waals surface area contributed by atoms with Crippen molar-refractivity contribution in [1.82, 2.24) is 28.9 Å². The van der Waals surface area contributed by atoms with Gasteiger partial charge in [0, 0.05) is 22.2 Å². The molecule has 10 unspecified atom stereocenters. The van der Waals surface area contributed by atoms with E-state index in [-0.39, 0.29) is 11.1 Å². The number of nitrogens with zero attached hydrogens (tertiary/aromatic N) is 8. The normalized spacial score (nSPS) is 14.3. The number of benzene rings is 4. The van der Waals surface area contributed by atoms with E-state index in [1.165, 1.54) is 116 Å². The molecule has 498 valence electrons. The van der Waals surface area contributed by atoms with Gasteiger partial charge in [0.05, 0.1) is 78.5 Å². The summed E-state index contributed by atoms with van der Waals surface area (Å²) in [5.74, 6) is 4.73. The van der Waals surface area contributed by atoms with Crippen LogP contribution in [-0.2, 0) is 0 Å². The molecule has 0 radical (unpaired) electrons. The molecule has 0 bridgehead atoms. The van der Waals surface area contributed by atoms with Gasteiger partial charge in [-0.3, -0.25) is 9.97 Å². The molecule has 20 heteroatoms. The summed E-state index contributed by atoms with van der Waals surface area (Å²) in [5.41, 5.74) is 6.23. The zero-order valence-electron chi connectivity index (χ0n) is 56.5. The fourth-order valence-electron chi connectivity index (χ4n) is 13.3. The number of aromatic nitrogens is 6. The van der Waals surface area contributed by atoms with E-state index in [2.05, 4.69) is 161 Å². The summed E-state index contributed by atoms with van der Waals surface area (Å²) in [6, 6.07) is 28.6. The molecule has 94 heavy (non-hydrogen) atoms. The third-order valence-electron chi connectivity index (χ3n) is 19.1. The standard InChI is InChI=1S/C74H96B2Cl4N8O2P4/c1-9-13-17-21-47(5)25-27-53(49(7)23-19-15-11-3)45-89-55-33-29-51(30-34-55)71-69-70(74(87(71)75(91)92)58(42-82)68-44-84-64-38-60(78)62(80)40-66(64)86-68)72(88(76(93)94)73(69)57(41-81)67-43-83-63-37-59(77)61(79)39-65(63)85-67)52-31-35-56(36-32-52)90-46-54(50(8)24-20-16-12-4)28-26-48(6)22-18-14-10-2/h29-40,43-44,47-50,53-54H,9-28,45-46,91-94H2,1-8H3/b73-57-,74-58-. The van der Waals surface area contributed by atoms with E-state index in [1.54, 1.807) is 36.7 Å². The van der Waals surface area contributed by atoms with Gasteiger partial charge in [-0.15, -0.1) is 36.5 Å². The molecule has 0 aliphatic rings. The lowest BCUT2D eigenvalue weighted by Gasteiger charge is -2.26. The van der Waals surface area contributed by atoms with Crippen molar-refractivity contribution in [3.63, 3.8) is 0 Å². The van der Waals surface area contributed by atoms with E-state index in [9.17, 15) is 10.5 Å². The highest BCUT2D eigenvalue weighted by Gasteiger charge is 2.32. The molecule has 0 N–H and O–H groups in total. The van der Waals surface area contributed by atoms with Crippen molar-refractivity contribution in [3.05, 3.63) is 127 Å². The van der Waals surface area contributed by atoms with E-state index in [0.717, 1.165) is 46.9 Å². The summed E-state index contributed by atoms with van der Waals surface area (Å²) in [4.78, 5) is 19.9.